The molecule has 3 aromatic rings. The Morgan fingerprint density at radius 2 is 1.74 bits per heavy atom. The van der Waals surface area contributed by atoms with Crippen molar-refractivity contribution in [3.05, 3.63) is 77.0 Å². The Morgan fingerprint density at radius 3 is 2.31 bits per heavy atom. The van der Waals surface area contributed by atoms with Crippen LogP contribution in [0, 0.1) is 33.9 Å². The molecule has 1 unspecified atom stereocenters. The highest BCUT2D eigenvalue weighted by molar-refractivity contribution is 6.19. The van der Waals surface area contributed by atoms with Gasteiger partial charge in [-0.15, -0.1) is 5.53 Å². The molecule has 0 spiro atoms. The number of fused-ring (bicyclic) bond motifs is 1. The number of halogens is 4. The van der Waals surface area contributed by atoms with Crippen molar-refractivity contribution in [2.75, 3.05) is 17.2 Å². The summed E-state index contributed by atoms with van der Waals surface area (Å²) >= 11 is 0. The van der Waals surface area contributed by atoms with Crippen LogP contribution in [-0.2, 0) is 5.44 Å². The van der Waals surface area contributed by atoms with E-state index in [2.05, 4.69) is 38.7 Å². The zero-order chi connectivity index (χ0) is 30.5. The maximum atomic E-state index is 13.9. The first-order chi connectivity index (χ1) is 19.7. The van der Waals surface area contributed by atoms with Gasteiger partial charge in [-0.3, -0.25) is 9.99 Å². The molecule has 42 heavy (non-hydrogen) atoms. The number of nitrogens with zero attached hydrogens (tertiary/aromatic N) is 4. The number of aromatic nitrogens is 1. The van der Waals surface area contributed by atoms with Crippen LogP contribution in [0.5, 0.6) is 0 Å². The van der Waals surface area contributed by atoms with Gasteiger partial charge in [0.25, 0.3) is 0 Å². The molecular formula is C29H27BF4N8. The minimum Gasteiger partial charge on any atom is -0.383 e. The quantitative estimate of drug-likeness (QED) is 0.223. The van der Waals surface area contributed by atoms with Gasteiger partial charge in [-0.2, -0.15) is 23.7 Å². The normalized spacial score (nSPS) is 17.5. The summed E-state index contributed by atoms with van der Waals surface area (Å²) in [6.45, 7) is 6.59. The molecule has 0 amide bonds. The van der Waals surface area contributed by atoms with E-state index in [1.165, 1.54) is 42.7 Å². The van der Waals surface area contributed by atoms with E-state index in [1.54, 1.807) is 6.07 Å². The molecule has 1 aliphatic heterocycles. The number of hydrazine groups is 2. The van der Waals surface area contributed by atoms with Crippen LogP contribution in [0.3, 0.4) is 0 Å². The smallest absolute Gasteiger partial charge is 0.383 e. The Hall–Kier alpha value is -4.49. The van der Waals surface area contributed by atoms with Gasteiger partial charge in [-0.05, 0) is 48.1 Å². The molecule has 1 saturated carbocycles. The zero-order valence-corrected chi connectivity index (χ0v) is 23.1. The lowest BCUT2D eigenvalue weighted by atomic mass is 9.69. The Bertz CT molecular complexity index is 1650. The molecule has 0 saturated heterocycles. The van der Waals surface area contributed by atoms with Crippen LogP contribution in [0.4, 0.5) is 28.9 Å². The highest BCUT2D eigenvalue weighted by Gasteiger charge is 2.67. The number of pyridine rings is 1. The third-order valence-electron chi connectivity index (χ3n) is 7.36. The van der Waals surface area contributed by atoms with Crippen molar-refractivity contribution in [3.63, 3.8) is 0 Å². The van der Waals surface area contributed by atoms with Crippen molar-refractivity contribution in [2.45, 2.75) is 50.8 Å². The van der Waals surface area contributed by atoms with Gasteiger partial charge < -0.3 is 16.1 Å². The van der Waals surface area contributed by atoms with E-state index in [0.717, 1.165) is 5.01 Å². The number of benzene rings is 2. The highest BCUT2D eigenvalue weighted by atomic mass is 19.4. The monoisotopic (exact) mass is 574 g/mol. The molecular weight excluding hydrogens is 547 g/mol. The fourth-order valence-corrected chi connectivity index (χ4v) is 4.85. The van der Waals surface area contributed by atoms with Gasteiger partial charge in [0.1, 0.15) is 25.8 Å². The second kappa shape index (κ2) is 10.1. The molecule has 2 aliphatic rings. The largest absolute Gasteiger partial charge is 0.413 e. The predicted octanol–water partition coefficient (Wildman–Crippen LogP) is 5.27. The number of nitrogens with one attached hydrogen (secondary N) is 4. The summed E-state index contributed by atoms with van der Waals surface area (Å²) in [5.74, 6) is -0.523. The molecule has 1 atom stereocenters. The van der Waals surface area contributed by atoms with Crippen molar-refractivity contribution in [3.8, 4) is 12.1 Å². The van der Waals surface area contributed by atoms with Crippen molar-refractivity contribution < 1.29 is 17.6 Å². The number of anilines is 2. The van der Waals surface area contributed by atoms with Crippen molar-refractivity contribution in [1.82, 2.24) is 21.0 Å². The Balaban J connectivity index is 1.63. The average molecular weight is 574 g/mol. The third-order valence-corrected chi connectivity index (χ3v) is 7.36. The van der Waals surface area contributed by atoms with Crippen LogP contribution >= 0.6 is 0 Å². The second-order valence-electron chi connectivity index (χ2n) is 11.7. The van der Waals surface area contributed by atoms with Crippen LogP contribution in [0.15, 0.2) is 54.5 Å². The first kappa shape index (κ1) is 29.0. The molecule has 4 N–H and O–H groups in total. The molecule has 1 fully saturated rings. The van der Waals surface area contributed by atoms with Gasteiger partial charge in [-0.25, -0.2) is 4.39 Å². The minimum absolute atomic E-state index is 0.0920. The maximum Gasteiger partial charge on any atom is 0.413 e. The molecule has 0 bridgehead atoms. The Labute approximate surface area is 241 Å². The maximum absolute atomic E-state index is 13.9. The molecule has 5 rings (SSSR count). The van der Waals surface area contributed by atoms with Gasteiger partial charge in [-0.1, -0.05) is 32.9 Å². The van der Waals surface area contributed by atoms with Gasteiger partial charge in [0, 0.05) is 30.0 Å². The van der Waals surface area contributed by atoms with E-state index in [9.17, 15) is 28.1 Å². The van der Waals surface area contributed by atoms with Crippen LogP contribution in [0.1, 0.15) is 50.3 Å². The Morgan fingerprint density at radius 1 is 1.07 bits per heavy atom. The summed E-state index contributed by atoms with van der Waals surface area (Å²) < 4.78 is 55.5. The van der Waals surface area contributed by atoms with Crippen LogP contribution < -0.4 is 21.6 Å². The number of nitriles is 2. The van der Waals surface area contributed by atoms with Crippen LogP contribution in [0.2, 0.25) is 0 Å². The first-order valence-corrected chi connectivity index (χ1v) is 13.1. The fraction of sp³-hybridized carbons (Fsp3) is 0.345. The number of hydrogen-bond donors (Lipinski definition) is 4. The van der Waals surface area contributed by atoms with E-state index in [1.807, 2.05) is 20.8 Å². The molecule has 1 aliphatic carbocycles. The SMILES string of the molecule is [B]C(Nc1cc(C#N)c2ncc(C#N)c(NCC(C)(C)C)c2c1)(C1=CN(C2(C(F)(F)F)CC2)NN1)c1ccc(F)cc1. The molecule has 8 nitrogen and oxygen atoms in total. The zero-order valence-electron chi connectivity index (χ0n) is 23.1. The molecule has 2 radical (unpaired) electrons. The summed E-state index contributed by atoms with van der Waals surface area (Å²) in [5, 5.41) is 27.7. The van der Waals surface area contributed by atoms with Gasteiger partial charge in [0.2, 0.25) is 0 Å². The van der Waals surface area contributed by atoms with E-state index < -0.39 is 23.0 Å². The summed E-state index contributed by atoms with van der Waals surface area (Å²) in [4.78, 5) is 4.35. The van der Waals surface area contributed by atoms with Crippen molar-refractivity contribution in [2.24, 2.45) is 5.41 Å². The lowest BCUT2D eigenvalue weighted by Gasteiger charge is -2.34. The number of hydrogen-bond acceptors (Lipinski definition) is 8. The minimum atomic E-state index is -4.49. The second-order valence-corrected chi connectivity index (χ2v) is 11.7. The molecule has 214 valence electrons. The molecule has 2 heterocycles. The molecule has 1 aromatic heterocycles. The molecule has 2 aromatic carbocycles. The lowest BCUT2D eigenvalue weighted by molar-refractivity contribution is -0.195. The standard InChI is InChI=1S/C29H27BF4N8/c1-26(2,3)16-38-25-18(13-36)14-37-24-17(12-35)10-21(11-22(24)25)39-28(30,19-4-6-20(31)7-5-19)23-15-42(41-40-23)27(8-9-27)29(32,33)34/h4-7,10-11,14-15,39-41H,8-9,16H2,1-3H3,(H,37,38). The van der Waals surface area contributed by atoms with Crippen LogP contribution in [0.25, 0.3) is 10.9 Å². The summed E-state index contributed by atoms with van der Waals surface area (Å²) in [5.41, 5.74) is 3.46. The van der Waals surface area contributed by atoms with Gasteiger partial charge in [0.15, 0.2) is 5.54 Å². The third kappa shape index (κ3) is 5.16. The van der Waals surface area contributed by atoms with Gasteiger partial charge >= 0.3 is 6.18 Å². The summed E-state index contributed by atoms with van der Waals surface area (Å²) in [6, 6.07) is 12.6. The average Bonchev–Trinajstić information content (AvgIpc) is 3.61. The first-order valence-electron chi connectivity index (χ1n) is 13.1. The summed E-state index contributed by atoms with van der Waals surface area (Å²) in [6.07, 6.45) is -2.03. The highest BCUT2D eigenvalue weighted by Crippen LogP contribution is 2.54. The summed E-state index contributed by atoms with van der Waals surface area (Å²) in [7, 11) is 6.91. The number of rotatable bonds is 7. The van der Waals surface area contributed by atoms with E-state index in [4.69, 9.17) is 7.85 Å². The predicted molar refractivity (Wildman–Crippen MR) is 151 cm³/mol. The van der Waals surface area contributed by atoms with E-state index in [-0.39, 0.29) is 35.1 Å². The van der Waals surface area contributed by atoms with Gasteiger partial charge in [0.05, 0.1) is 33.5 Å². The van der Waals surface area contributed by atoms with Crippen molar-refractivity contribution in [1.29, 1.82) is 10.5 Å². The number of alkyl halides is 3. The lowest BCUT2D eigenvalue weighted by Crippen LogP contribution is -2.53. The fourth-order valence-electron chi connectivity index (χ4n) is 4.85. The van der Waals surface area contributed by atoms with E-state index >= 15 is 0 Å². The molecule has 13 heteroatoms. The Kier molecular flexibility index (Phi) is 6.98. The van der Waals surface area contributed by atoms with Crippen molar-refractivity contribution >= 4 is 30.1 Å². The topological polar surface area (TPSA) is 112 Å². The van der Waals surface area contributed by atoms with Crippen LogP contribution in [-0.4, -0.2) is 36.1 Å². The van der Waals surface area contributed by atoms with E-state index in [0.29, 0.717) is 34.4 Å².